The molecule has 0 spiro atoms. The molecule has 19 heavy (non-hydrogen) atoms. The van der Waals surface area contributed by atoms with Crippen molar-refractivity contribution in [3.8, 4) is 0 Å². The highest BCUT2D eigenvalue weighted by Crippen LogP contribution is 2.27. The number of hydrogen-bond donors (Lipinski definition) is 1. The molecule has 1 unspecified atom stereocenters. The van der Waals surface area contributed by atoms with Crippen molar-refractivity contribution in [2.45, 2.75) is 19.9 Å². The Labute approximate surface area is 128 Å². The van der Waals surface area contributed by atoms with Crippen molar-refractivity contribution < 1.29 is 0 Å². The number of aryl methyl sites for hydroxylation is 1. The molecular formula is C16H17BrClN. The molecule has 1 N–H and O–H groups in total. The lowest BCUT2D eigenvalue weighted by Gasteiger charge is -2.20. The van der Waals surface area contributed by atoms with Crippen molar-refractivity contribution in [3.63, 3.8) is 0 Å². The van der Waals surface area contributed by atoms with Crippen LogP contribution in [0.25, 0.3) is 0 Å². The van der Waals surface area contributed by atoms with E-state index in [0.29, 0.717) is 0 Å². The second-order valence-corrected chi connectivity index (χ2v) is 5.85. The first-order valence-electron chi connectivity index (χ1n) is 6.36. The van der Waals surface area contributed by atoms with Gasteiger partial charge in [0.15, 0.2) is 0 Å². The number of nitrogens with one attached hydrogen (secondary N) is 1. The summed E-state index contributed by atoms with van der Waals surface area (Å²) in [6.07, 6.45) is 0. The summed E-state index contributed by atoms with van der Waals surface area (Å²) in [7, 11) is 0. The average molecular weight is 339 g/mol. The Bertz CT molecular complexity index is 568. The van der Waals surface area contributed by atoms with Crippen molar-refractivity contribution >= 4 is 27.5 Å². The summed E-state index contributed by atoms with van der Waals surface area (Å²) in [4.78, 5) is 0. The largest absolute Gasteiger partial charge is 0.307 e. The smallest absolute Gasteiger partial charge is 0.0577 e. The lowest BCUT2D eigenvalue weighted by molar-refractivity contribution is 0.630. The van der Waals surface area contributed by atoms with Gasteiger partial charge in [0.25, 0.3) is 0 Å². The molecule has 1 atom stereocenters. The highest BCUT2D eigenvalue weighted by atomic mass is 79.9. The molecule has 2 rings (SSSR count). The van der Waals surface area contributed by atoms with Crippen molar-refractivity contribution in [2.24, 2.45) is 0 Å². The maximum atomic E-state index is 6.10. The molecule has 0 aliphatic heterocycles. The summed E-state index contributed by atoms with van der Waals surface area (Å²) in [5, 5.41) is 4.28. The van der Waals surface area contributed by atoms with Gasteiger partial charge < -0.3 is 5.32 Å². The second kappa shape index (κ2) is 6.56. The first-order valence-corrected chi connectivity index (χ1v) is 7.54. The van der Waals surface area contributed by atoms with Crippen molar-refractivity contribution in [2.75, 3.05) is 6.54 Å². The van der Waals surface area contributed by atoms with Gasteiger partial charge >= 0.3 is 0 Å². The normalized spacial score (nSPS) is 12.4. The molecule has 0 aromatic heterocycles. The topological polar surface area (TPSA) is 12.0 Å². The molecule has 0 saturated heterocycles. The Morgan fingerprint density at radius 3 is 2.53 bits per heavy atom. The Hall–Kier alpha value is -0.830. The van der Waals surface area contributed by atoms with E-state index in [0.717, 1.165) is 16.0 Å². The first kappa shape index (κ1) is 14.6. The van der Waals surface area contributed by atoms with E-state index in [-0.39, 0.29) is 6.04 Å². The Morgan fingerprint density at radius 1 is 1.16 bits per heavy atom. The van der Waals surface area contributed by atoms with Gasteiger partial charge in [0, 0.05) is 9.50 Å². The number of hydrogen-bond acceptors (Lipinski definition) is 1. The van der Waals surface area contributed by atoms with E-state index in [1.165, 1.54) is 16.7 Å². The minimum Gasteiger partial charge on any atom is -0.307 e. The predicted octanol–water partition coefficient (Wildman–Crippen LogP) is 5.11. The fourth-order valence-corrected chi connectivity index (χ4v) is 2.70. The SMILES string of the molecule is CCNC(c1cccc(Cl)c1)c1ccc(C)c(Br)c1. The minimum atomic E-state index is 0.167. The van der Waals surface area contributed by atoms with Crippen molar-refractivity contribution in [1.82, 2.24) is 5.32 Å². The summed E-state index contributed by atoms with van der Waals surface area (Å²) >= 11 is 9.69. The summed E-state index contributed by atoms with van der Waals surface area (Å²) < 4.78 is 1.13. The zero-order valence-corrected chi connectivity index (χ0v) is 13.4. The van der Waals surface area contributed by atoms with Crippen LogP contribution in [0, 0.1) is 6.92 Å². The van der Waals surface area contributed by atoms with Gasteiger partial charge in [0.2, 0.25) is 0 Å². The van der Waals surface area contributed by atoms with Gasteiger partial charge in [-0.1, -0.05) is 58.7 Å². The molecule has 0 radical (unpaired) electrons. The quantitative estimate of drug-likeness (QED) is 0.817. The van der Waals surface area contributed by atoms with Crippen LogP contribution in [-0.2, 0) is 0 Å². The highest BCUT2D eigenvalue weighted by Gasteiger charge is 2.14. The van der Waals surface area contributed by atoms with E-state index < -0.39 is 0 Å². The molecule has 0 fully saturated rings. The molecule has 0 heterocycles. The summed E-state index contributed by atoms with van der Waals surface area (Å²) in [6, 6.07) is 14.6. The van der Waals surface area contributed by atoms with E-state index in [9.17, 15) is 0 Å². The van der Waals surface area contributed by atoms with E-state index >= 15 is 0 Å². The lowest BCUT2D eigenvalue weighted by atomic mass is 9.98. The van der Waals surface area contributed by atoms with Crippen molar-refractivity contribution in [1.29, 1.82) is 0 Å². The molecule has 2 aromatic rings. The van der Waals surface area contributed by atoms with Gasteiger partial charge in [-0.05, 0) is 48.4 Å². The van der Waals surface area contributed by atoms with Gasteiger partial charge in [-0.3, -0.25) is 0 Å². The van der Waals surface area contributed by atoms with Crippen LogP contribution in [0.2, 0.25) is 5.02 Å². The van der Waals surface area contributed by atoms with Crippen LogP contribution in [-0.4, -0.2) is 6.54 Å². The molecule has 3 heteroatoms. The second-order valence-electron chi connectivity index (χ2n) is 4.55. The fraction of sp³-hybridized carbons (Fsp3) is 0.250. The van der Waals surface area contributed by atoms with Crippen LogP contribution < -0.4 is 5.32 Å². The van der Waals surface area contributed by atoms with Crippen LogP contribution in [0.3, 0.4) is 0 Å². The molecule has 1 nitrogen and oxygen atoms in total. The zero-order valence-electron chi connectivity index (χ0n) is 11.1. The van der Waals surface area contributed by atoms with Gasteiger partial charge in [0.05, 0.1) is 6.04 Å². The van der Waals surface area contributed by atoms with Crippen LogP contribution in [0.1, 0.15) is 29.7 Å². The Kier molecular flexibility index (Phi) is 5.03. The molecule has 0 aliphatic rings. The van der Waals surface area contributed by atoms with E-state index in [4.69, 9.17) is 11.6 Å². The van der Waals surface area contributed by atoms with Gasteiger partial charge in [-0.15, -0.1) is 0 Å². The summed E-state index contributed by atoms with van der Waals surface area (Å²) in [6.45, 7) is 5.11. The van der Waals surface area contributed by atoms with E-state index in [2.05, 4.69) is 59.4 Å². The predicted molar refractivity (Wildman–Crippen MR) is 85.9 cm³/mol. The van der Waals surface area contributed by atoms with E-state index in [1.54, 1.807) is 0 Å². The van der Waals surface area contributed by atoms with E-state index in [1.807, 2.05) is 18.2 Å². The minimum absolute atomic E-state index is 0.167. The molecule has 0 bridgehead atoms. The lowest BCUT2D eigenvalue weighted by Crippen LogP contribution is -2.22. The standard InChI is InChI=1S/C16H17BrClN/c1-3-19-16(12-5-4-6-14(18)9-12)13-8-7-11(2)15(17)10-13/h4-10,16,19H,3H2,1-2H3. The molecular weight excluding hydrogens is 322 g/mol. The van der Waals surface area contributed by atoms with Crippen LogP contribution in [0.5, 0.6) is 0 Å². The molecule has 2 aromatic carbocycles. The Morgan fingerprint density at radius 2 is 1.89 bits per heavy atom. The Balaban J connectivity index is 2.42. The first-order chi connectivity index (χ1) is 9.11. The van der Waals surface area contributed by atoms with Gasteiger partial charge in [-0.2, -0.15) is 0 Å². The maximum absolute atomic E-state index is 6.10. The number of benzene rings is 2. The third-order valence-corrected chi connectivity index (χ3v) is 4.21. The van der Waals surface area contributed by atoms with Crippen molar-refractivity contribution in [3.05, 3.63) is 68.7 Å². The zero-order chi connectivity index (χ0) is 13.8. The van der Waals surface area contributed by atoms with Crippen LogP contribution in [0.4, 0.5) is 0 Å². The maximum Gasteiger partial charge on any atom is 0.0577 e. The van der Waals surface area contributed by atoms with Crippen LogP contribution in [0.15, 0.2) is 46.9 Å². The number of rotatable bonds is 4. The van der Waals surface area contributed by atoms with Gasteiger partial charge in [0.1, 0.15) is 0 Å². The van der Waals surface area contributed by atoms with Crippen LogP contribution >= 0.6 is 27.5 Å². The molecule has 100 valence electrons. The summed E-state index contributed by atoms with van der Waals surface area (Å²) in [5.41, 5.74) is 3.66. The number of halogens is 2. The fourth-order valence-electron chi connectivity index (χ4n) is 2.11. The average Bonchev–Trinajstić information content (AvgIpc) is 2.39. The monoisotopic (exact) mass is 337 g/mol. The highest BCUT2D eigenvalue weighted by molar-refractivity contribution is 9.10. The summed E-state index contributed by atoms with van der Waals surface area (Å²) in [5.74, 6) is 0. The third-order valence-electron chi connectivity index (χ3n) is 3.12. The molecule has 0 amide bonds. The molecule has 0 aliphatic carbocycles. The molecule has 0 saturated carbocycles. The van der Waals surface area contributed by atoms with Gasteiger partial charge in [-0.25, -0.2) is 0 Å². The third kappa shape index (κ3) is 3.59.